The summed E-state index contributed by atoms with van der Waals surface area (Å²) in [5, 5.41) is 14.7. The minimum absolute atomic E-state index is 0.0405. The van der Waals surface area contributed by atoms with Gasteiger partial charge in [-0.15, -0.1) is 0 Å². The van der Waals surface area contributed by atoms with Gasteiger partial charge in [-0.1, -0.05) is 19.0 Å². The van der Waals surface area contributed by atoms with Crippen molar-refractivity contribution in [1.82, 2.24) is 0 Å². The van der Waals surface area contributed by atoms with Crippen LogP contribution in [0.4, 0.5) is 0 Å². The van der Waals surface area contributed by atoms with Crippen LogP contribution in [-0.2, 0) is 9.59 Å². The van der Waals surface area contributed by atoms with Crippen LogP contribution in [0, 0.1) is 33.5 Å². The lowest BCUT2D eigenvalue weighted by molar-refractivity contribution is -0.209. The second-order valence-electron chi connectivity index (χ2n) is 9.21. The molecule has 4 fully saturated rings. The number of aliphatic hydroxyl groups is 1. The van der Waals surface area contributed by atoms with Crippen LogP contribution >= 0.6 is 0 Å². The van der Waals surface area contributed by atoms with Crippen molar-refractivity contribution in [1.29, 1.82) is 0 Å². The van der Waals surface area contributed by atoms with Crippen molar-refractivity contribution in [2.75, 3.05) is 0 Å². The molecule has 0 aliphatic heterocycles. The molecule has 4 rings (SSSR count). The van der Waals surface area contributed by atoms with E-state index in [1.165, 1.54) is 0 Å². The van der Waals surface area contributed by atoms with Crippen molar-refractivity contribution in [2.24, 2.45) is 33.8 Å². The third kappa shape index (κ3) is 1.80. The molecule has 4 saturated carbocycles. The summed E-state index contributed by atoms with van der Waals surface area (Å²) in [5.74, 6) is 1.24. The number of hydrogen-bond donors (Lipinski definition) is 1. The smallest absolute Gasteiger partial charge is 0.139 e. The molecule has 5 heteroatoms. The molecule has 0 saturated heterocycles. The number of Topliss-reactive ketones (excluding diaryl/α,β-unsaturated/α-hetero) is 2. The SMILES string of the molecule is C[C@]12CC[C@H]3[C@@H](CC(N=O)[C@@]4(O)CC(=O)CC[C@]34C)[C@@H]1CCC2=O. The Morgan fingerprint density at radius 3 is 2.54 bits per heavy atom. The lowest BCUT2D eigenvalue weighted by Gasteiger charge is -2.63. The zero-order chi connectivity index (χ0) is 17.3. The first-order valence-corrected chi connectivity index (χ1v) is 9.36. The molecule has 4 aliphatic carbocycles. The van der Waals surface area contributed by atoms with Gasteiger partial charge in [-0.2, -0.15) is 4.91 Å². The van der Waals surface area contributed by atoms with E-state index in [0.29, 0.717) is 37.4 Å². The van der Waals surface area contributed by atoms with Crippen molar-refractivity contribution in [3.63, 3.8) is 0 Å². The summed E-state index contributed by atoms with van der Waals surface area (Å²) >= 11 is 0. The lowest BCUT2D eigenvalue weighted by atomic mass is 9.42. The highest BCUT2D eigenvalue weighted by molar-refractivity contribution is 5.87. The molecule has 4 aliphatic rings. The van der Waals surface area contributed by atoms with E-state index in [2.05, 4.69) is 19.0 Å². The maximum atomic E-state index is 12.4. The molecule has 0 amide bonds. The Kier molecular flexibility index (Phi) is 3.39. The van der Waals surface area contributed by atoms with E-state index in [4.69, 9.17) is 0 Å². The first kappa shape index (κ1) is 16.4. The molecule has 5 nitrogen and oxygen atoms in total. The summed E-state index contributed by atoms with van der Waals surface area (Å²) in [5.41, 5.74) is -2.01. The summed E-state index contributed by atoms with van der Waals surface area (Å²) in [6.07, 6.45) is 5.02. The molecule has 0 aromatic carbocycles. The molecule has 0 aromatic rings. The van der Waals surface area contributed by atoms with E-state index in [0.717, 1.165) is 19.3 Å². The molecule has 0 radical (unpaired) electrons. The van der Waals surface area contributed by atoms with Crippen molar-refractivity contribution in [2.45, 2.75) is 76.9 Å². The average Bonchev–Trinajstić information content (AvgIpc) is 2.84. The first-order chi connectivity index (χ1) is 11.3. The number of hydrogen-bond acceptors (Lipinski definition) is 5. The largest absolute Gasteiger partial charge is 0.386 e. The van der Waals surface area contributed by atoms with Gasteiger partial charge in [-0.25, -0.2) is 0 Å². The van der Waals surface area contributed by atoms with Gasteiger partial charge in [0.1, 0.15) is 23.2 Å². The van der Waals surface area contributed by atoms with Gasteiger partial charge in [0.05, 0.1) is 0 Å². The molecule has 132 valence electrons. The normalized spacial score (nSPS) is 54.0. The van der Waals surface area contributed by atoms with Gasteiger partial charge in [0.25, 0.3) is 0 Å². The monoisotopic (exact) mass is 333 g/mol. The van der Waals surface area contributed by atoms with Crippen LogP contribution < -0.4 is 0 Å². The van der Waals surface area contributed by atoms with Crippen LogP contribution in [-0.4, -0.2) is 28.3 Å². The summed E-state index contributed by atoms with van der Waals surface area (Å²) in [6.45, 7) is 4.16. The van der Waals surface area contributed by atoms with Crippen LogP contribution in [0.15, 0.2) is 5.18 Å². The summed E-state index contributed by atoms with van der Waals surface area (Å²) in [4.78, 5) is 36.1. The molecule has 0 bridgehead atoms. The fraction of sp³-hybridized carbons (Fsp3) is 0.895. The van der Waals surface area contributed by atoms with Crippen LogP contribution in [0.25, 0.3) is 0 Å². The maximum absolute atomic E-state index is 12.4. The molecular formula is C19H27NO4. The molecule has 24 heavy (non-hydrogen) atoms. The fourth-order valence-corrected chi connectivity index (χ4v) is 6.97. The number of carbonyl (C=O) groups is 2. The van der Waals surface area contributed by atoms with Crippen LogP contribution in [0.5, 0.6) is 0 Å². The highest BCUT2D eigenvalue weighted by atomic mass is 16.3. The number of fused-ring (bicyclic) bond motifs is 5. The van der Waals surface area contributed by atoms with E-state index in [1.807, 2.05) is 0 Å². The van der Waals surface area contributed by atoms with Gasteiger partial charge < -0.3 is 5.11 Å². The van der Waals surface area contributed by atoms with Crippen molar-refractivity contribution < 1.29 is 14.7 Å². The zero-order valence-electron chi connectivity index (χ0n) is 14.6. The first-order valence-electron chi connectivity index (χ1n) is 9.36. The van der Waals surface area contributed by atoms with Crippen LogP contribution in [0.2, 0.25) is 0 Å². The molecule has 1 N–H and O–H groups in total. The third-order valence-electron chi connectivity index (χ3n) is 8.52. The predicted molar refractivity (Wildman–Crippen MR) is 88.2 cm³/mol. The Balaban J connectivity index is 1.77. The van der Waals surface area contributed by atoms with Crippen LogP contribution in [0.3, 0.4) is 0 Å². The van der Waals surface area contributed by atoms with Gasteiger partial charge in [0, 0.05) is 30.1 Å². The van der Waals surface area contributed by atoms with E-state index in [-0.39, 0.29) is 29.5 Å². The molecule has 7 atom stereocenters. The third-order valence-corrected chi connectivity index (χ3v) is 8.52. The average molecular weight is 333 g/mol. The summed E-state index contributed by atoms with van der Waals surface area (Å²) in [6, 6.07) is -0.731. The van der Waals surface area contributed by atoms with Gasteiger partial charge in [-0.3, -0.25) is 9.59 Å². The van der Waals surface area contributed by atoms with E-state index >= 15 is 0 Å². The van der Waals surface area contributed by atoms with Crippen molar-refractivity contribution >= 4 is 11.6 Å². The van der Waals surface area contributed by atoms with E-state index in [1.54, 1.807) is 0 Å². The summed E-state index contributed by atoms with van der Waals surface area (Å²) in [7, 11) is 0. The Morgan fingerprint density at radius 2 is 1.83 bits per heavy atom. The fourth-order valence-electron chi connectivity index (χ4n) is 6.97. The highest BCUT2D eigenvalue weighted by Crippen LogP contribution is 2.66. The van der Waals surface area contributed by atoms with Gasteiger partial charge in [0.2, 0.25) is 0 Å². The Bertz CT molecular complexity index is 618. The number of ketones is 2. The lowest BCUT2D eigenvalue weighted by Crippen LogP contribution is -2.67. The Morgan fingerprint density at radius 1 is 1.08 bits per heavy atom. The minimum atomic E-state index is -1.30. The minimum Gasteiger partial charge on any atom is -0.386 e. The second-order valence-corrected chi connectivity index (χ2v) is 9.21. The molecule has 0 spiro atoms. The Labute approximate surface area is 142 Å². The second kappa shape index (κ2) is 4.96. The Hall–Kier alpha value is -1.10. The van der Waals surface area contributed by atoms with Gasteiger partial charge in [-0.05, 0) is 49.9 Å². The van der Waals surface area contributed by atoms with Crippen molar-refractivity contribution in [3.05, 3.63) is 4.91 Å². The van der Waals surface area contributed by atoms with Crippen LogP contribution in [0.1, 0.15) is 65.2 Å². The standard InChI is InChI=1S/C19H27NO4/c1-17-7-6-14-12(13(17)3-4-16(17)22)9-15(20-24)19(23)10-11(21)5-8-18(14,19)2/h12-15,23H,3-10H2,1-2H3/t12-,13-,14-,15?,17-,18+,19-/m0/s1. The van der Waals surface area contributed by atoms with Gasteiger partial charge >= 0.3 is 0 Å². The topological polar surface area (TPSA) is 83.8 Å². The molecule has 0 heterocycles. The number of carbonyl (C=O) groups excluding carboxylic acids is 2. The maximum Gasteiger partial charge on any atom is 0.139 e. The molecular weight excluding hydrogens is 306 g/mol. The van der Waals surface area contributed by atoms with Gasteiger partial charge in [0.15, 0.2) is 0 Å². The predicted octanol–water partition coefficient (Wildman–Crippen LogP) is 3.03. The quantitative estimate of drug-likeness (QED) is 0.748. The van der Waals surface area contributed by atoms with Crippen molar-refractivity contribution in [3.8, 4) is 0 Å². The molecule has 0 aromatic heterocycles. The number of nitrogens with zero attached hydrogens (tertiary/aromatic N) is 1. The number of rotatable bonds is 1. The highest BCUT2D eigenvalue weighted by Gasteiger charge is 2.68. The number of nitroso groups, excluding NO2 is 1. The summed E-state index contributed by atoms with van der Waals surface area (Å²) < 4.78 is 0. The molecule has 1 unspecified atom stereocenters. The van der Waals surface area contributed by atoms with E-state index < -0.39 is 17.1 Å². The van der Waals surface area contributed by atoms with E-state index in [9.17, 15) is 19.6 Å². The zero-order valence-corrected chi connectivity index (χ0v) is 14.6.